The number of nitrogens with one attached hydrogen (secondary N) is 1. The number of aliphatic hydroxyl groups is 1. The molecule has 2 N–H and O–H groups in total. The molecular formula is C16H24N2O2. The lowest BCUT2D eigenvalue weighted by atomic mass is 9.90. The fourth-order valence-electron chi connectivity index (χ4n) is 2.75. The van der Waals surface area contributed by atoms with Gasteiger partial charge in [-0.05, 0) is 18.9 Å². The average molecular weight is 276 g/mol. The quantitative estimate of drug-likeness (QED) is 0.874. The van der Waals surface area contributed by atoms with Crippen molar-refractivity contribution in [2.45, 2.75) is 39.0 Å². The maximum Gasteiger partial charge on any atom is 0.219 e. The highest BCUT2D eigenvalue weighted by Crippen LogP contribution is 2.20. The third-order valence-electron chi connectivity index (χ3n) is 4.05. The number of aliphatic hydroxyl groups excluding tert-OH is 1. The molecule has 0 saturated carbocycles. The van der Waals surface area contributed by atoms with Crippen LogP contribution < -0.4 is 5.32 Å². The summed E-state index contributed by atoms with van der Waals surface area (Å²) in [7, 11) is 0. The van der Waals surface area contributed by atoms with E-state index in [-0.39, 0.29) is 24.0 Å². The van der Waals surface area contributed by atoms with Gasteiger partial charge in [-0.2, -0.15) is 0 Å². The minimum atomic E-state index is -0.377. The number of amides is 1. The molecule has 1 aromatic carbocycles. The van der Waals surface area contributed by atoms with Gasteiger partial charge in [0, 0.05) is 38.5 Å². The van der Waals surface area contributed by atoms with Crippen LogP contribution in [0.3, 0.4) is 0 Å². The molecule has 4 nitrogen and oxygen atoms in total. The molecule has 1 aromatic rings. The molecule has 0 aliphatic carbocycles. The minimum Gasteiger partial charge on any atom is -0.393 e. The van der Waals surface area contributed by atoms with Crippen molar-refractivity contribution in [3.8, 4) is 0 Å². The number of carbonyl (C=O) groups excluding carboxylic acids is 1. The summed E-state index contributed by atoms with van der Waals surface area (Å²) in [6.45, 7) is 5.59. The molecule has 1 saturated heterocycles. The summed E-state index contributed by atoms with van der Waals surface area (Å²) in [5.41, 5.74) is 1.24. The normalized spacial score (nSPS) is 24.4. The van der Waals surface area contributed by atoms with Gasteiger partial charge in [0.25, 0.3) is 0 Å². The first-order valence-corrected chi connectivity index (χ1v) is 7.27. The Kier molecular flexibility index (Phi) is 5.15. The van der Waals surface area contributed by atoms with Gasteiger partial charge in [0.2, 0.25) is 5.91 Å². The lowest BCUT2D eigenvalue weighted by Gasteiger charge is -2.39. The highest BCUT2D eigenvalue weighted by Gasteiger charge is 2.30. The van der Waals surface area contributed by atoms with E-state index in [4.69, 9.17) is 0 Å². The molecule has 3 atom stereocenters. The molecule has 20 heavy (non-hydrogen) atoms. The highest BCUT2D eigenvalue weighted by molar-refractivity contribution is 5.73. The molecule has 1 fully saturated rings. The lowest BCUT2D eigenvalue weighted by Crippen LogP contribution is -2.52. The van der Waals surface area contributed by atoms with Gasteiger partial charge in [-0.15, -0.1) is 0 Å². The molecule has 0 bridgehead atoms. The monoisotopic (exact) mass is 276 g/mol. The largest absolute Gasteiger partial charge is 0.393 e. The molecule has 2 rings (SSSR count). The Balaban J connectivity index is 1.94. The summed E-state index contributed by atoms with van der Waals surface area (Å²) in [5.74, 6) is 0.239. The predicted octanol–water partition coefficient (Wildman–Crippen LogP) is 1.39. The van der Waals surface area contributed by atoms with E-state index in [0.29, 0.717) is 6.54 Å². The molecule has 0 radical (unpaired) electrons. The molecule has 1 aliphatic rings. The Morgan fingerprint density at radius 1 is 1.40 bits per heavy atom. The summed E-state index contributed by atoms with van der Waals surface area (Å²) in [6, 6.07) is 10.5. The summed E-state index contributed by atoms with van der Waals surface area (Å²) in [5, 5.41) is 13.3. The van der Waals surface area contributed by atoms with Gasteiger partial charge >= 0.3 is 0 Å². The van der Waals surface area contributed by atoms with E-state index in [1.807, 2.05) is 30.0 Å². The predicted molar refractivity (Wildman–Crippen MR) is 79.1 cm³/mol. The van der Waals surface area contributed by atoms with Crippen LogP contribution in [0, 0.1) is 5.92 Å². The summed E-state index contributed by atoms with van der Waals surface area (Å²) in [4.78, 5) is 13.4. The number of carbonyl (C=O) groups is 1. The average Bonchev–Trinajstić information content (AvgIpc) is 2.45. The smallest absolute Gasteiger partial charge is 0.219 e. The zero-order valence-electron chi connectivity index (χ0n) is 12.2. The maximum absolute atomic E-state index is 11.6. The number of piperidine rings is 1. The standard InChI is InChI=1S/C16H24N2O2/c1-12(19)15-8-16(11-18(10-15)13(2)20)17-9-14-6-4-3-5-7-14/h3-7,12,15-17,19H,8-11H2,1-2H3. The molecule has 110 valence electrons. The van der Waals surface area contributed by atoms with E-state index < -0.39 is 0 Å². The van der Waals surface area contributed by atoms with Crippen LogP contribution in [0.4, 0.5) is 0 Å². The van der Waals surface area contributed by atoms with Crippen molar-refractivity contribution < 1.29 is 9.90 Å². The molecule has 1 amide bonds. The first-order valence-electron chi connectivity index (χ1n) is 7.27. The third kappa shape index (κ3) is 4.05. The van der Waals surface area contributed by atoms with Crippen molar-refractivity contribution >= 4 is 5.91 Å². The minimum absolute atomic E-state index is 0.0851. The highest BCUT2D eigenvalue weighted by atomic mass is 16.3. The van der Waals surface area contributed by atoms with Gasteiger partial charge in [-0.1, -0.05) is 30.3 Å². The van der Waals surface area contributed by atoms with Crippen LogP contribution in [0.25, 0.3) is 0 Å². The number of hydrogen-bond donors (Lipinski definition) is 2. The number of benzene rings is 1. The van der Waals surface area contributed by atoms with Crippen LogP contribution in [0.15, 0.2) is 30.3 Å². The summed E-state index contributed by atoms with van der Waals surface area (Å²) >= 11 is 0. The van der Waals surface area contributed by atoms with E-state index in [1.165, 1.54) is 5.56 Å². The Labute approximate surface area is 120 Å². The van der Waals surface area contributed by atoms with Gasteiger partial charge in [-0.25, -0.2) is 0 Å². The van der Waals surface area contributed by atoms with Crippen LogP contribution in [-0.4, -0.2) is 41.1 Å². The van der Waals surface area contributed by atoms with Crippen molar-refractivity contribution in [3.05, 3.63) is 35.9 Å². The van der Waals surface area contributed by atoms with Crippen molar-refractivity contribution in [2.24, 2.45) is 5.92 Å². The van der Waals surface area contributed by atoms with Crippen LogP contribution in [0.2, 0.25) is 0 Å². The van der Waals surface area contributed by atoms with Crippen molar-refractivity contribution in [3.63, 3.8) is 0 Å². The van der Waals surface area contributed by atoms with Crippen molar-refractivity contribution in [2.75, 3.05) is 13.1 Å². The SMILES string of the molecule is CC(=O)N1CC(NCc2ccccc2)CC(C(C)O)C1. The molecule has 1 aliphatic heterocycles. The van der Waals surface area contributed by atoms with E-state index in [1.54, 1.807) is 6.92 Å². The third-order valence-corrected chi connectivity index (χ3v) is 4.05. The van der Waals surface area contributed by atoms with Gasteiger partial charge in [0.1, 0.15) is 0 Å². The molecular weight excluding hydrogens is 252 g/mol. The zero-order valence-corrected chi connectivity index (χ0v) is 12.2. The second kappa shape index (κ2) is 6.86. The summed E-state index contributed by atoms with van der Waals surface area (Å²) in [6.07, 6.45) is 0.534. The summed E-state index contributed by atoms with van der Waals surface area (Å²) < 4.78 is 0. The maximum atomic E-state index is 11.6. The topological polar surface area (TPSA) is 52.6 Å². The molecule has 1 heterocycles. The van der Waals surface area contributed by atoms with E-state index >= 15 is 0 Å². The first-order chi connectivity index (χ1) is 9.56. The lowest BCUT2D eigenvalue weighted by molar-refractivity contribution is -0.132. The number of nitrogens with zero attached hydrogens (tertiary/aromatic N) is 1. The number of rotatable bonds is 4. The Morgan fingerprint density at radius 2 is 2.10 bits per heavy atom. The molecule has 0 aromatic heterocycles. The van der Waals surface area contributed by atoms with E-state index in [0.717, 1.165) is 19.5 Å². The van der Waals surface area contributed by atoms with Gasteiger partial charge in [0.05, 0.1) is 6.10 Å². The van der Waals surface area contributed by atoms with E-state index in [2.05, 4.69) is 17.4 Å². The molecule has 0 spiro atoms. The zero-order chi connectivity index (χ0) is 14.5. The fourth-order valence-corrected chi connectivity index (χ4v) is 2.75. The number of likely N-dealkylation sites (tertiary alicyclic amines) is 1. The van der Waals surface area contributed by atoms with E-state index in [9.17, 15) is 9.90 Å². The number of hydrogen-bond acceptors (Lipinski definition) is 3. The van der Waals surface area contributed by atoms with Gasteiger partial charge < -0.3 is 15.3 Å². The fraction of sp³-hybridized carbons (Fsp3) is 0.562. The Morgan fingerprint density at radius 3 is 2.70 bits per heavy atom. The Hall–Kier alpha value is -1.39. The second-order valence-corrected chi connectivity index (χ2v) is 5.72. The Bertz CT molecular complexity index is 433. The van der Waals surface area contributed by atoms with Crippen molar-refractivity contribution in [1.82, 2.24) is 10.2 Å². The van der Waals surface area contributed by atoms with Gasteiger partial charge in [0.15, 0.2) is 0 Å². The van der Waals surface area contributed by atoms with Gasteiger partial charge in [-0.3, -0.25) is 4.79 Å². The second-order valence-electron chi connectivity index (χ2n) is 5.72. The molecule has 3 unspecified atom stereocenters. The first kappa shape index (κ1) is 15.0. The van der Waals surface area contributed by atoms with Crippen LogP contribution >= 0.6 is 0 Å². The van der Waals surface area contributed by atoms with Crippen LogP contribution in [0.5, 0.6) is 0 Å². The molecule has 4 heteroatoms. The van der Waals surface area contributed by atoms with Crippen LogP contribution in [-0.2, 0) is 11.3 Å². The van der Waals surface area contributed by atoms with Crippen molar-refractivity contribution in [1.29, 1.82) is 0 Å². The van der Waals surface area contributed by atoms with Crippen LogP contribution in [0.1, 0.15) is 25.8 Å².